The van der Waals surface area contributed by atoms with Crippen molar-refractivity contribution >= 4 is 0 Å². The van der Waals surface area contributed by atoms with Crippen LogP contribution in [-0.2, 0) is 0 Å². The molecule has 0 unspecified atom stereocenters. The van der Waals surface area contributed by atoms with Gasteiger partial charge < -0.3 is 0 Å². The fourth-order valence-electron chi connectivity index (χ4n) is 0.544. The van der Waals surface area contributed by atoms with Crippen LogP contribution in [0.5, 0.6) is 0 Å². The Balaban J connectivity index is 3.18. The van der Waals surface area contributed by atoms with Gasteiger partial charge in [0, 0.05) is 0 Å². The Morgan fingerprint density at radius 3 is 2.75 bits per heavy atom. The van der Waals surface area contributed by atoms with Crippen LogP contribution in [-0.4, -0.2) is 6.54 Å². The lowest BCUT2D eigenvalue weighted by Crippen LogP contribution is -1.83. The Morgan fingerprint density at radius 1 is 1.75 bits per heavy atom. The Hall–Kier alpha value is -0.660. The predicted molar refractivity (Wildman–Crippen MR) is 34.1 cm³/mol. The lowest BCUT2D eigenvalue weighted by atomic mass is 10.2. The smallest absolute Gasteiger partial charge is 0.0804 e. The second kappa shape index (κ2) is 4.50. The summed E-state index contributed by atoms with van der Waals surface area (Å²) in [5.74, 6) is 0. The van der Waals surface area contributed by atoms with Crippen LogP contribution in [0.25, 0.3) is 0 Å². The maximum Gasteiger partial charge on any atom is 0.0804 e. The summed E-state index contributed by atoms with van der Waals surface area (Å²) in [4.78, 5) is 0. The maximum atomic E-state index is 6.48. The third-order valence-corrected chi connectivity index (χ3v) is 0.906. The first-order valence-corrected chi connectivity index (χ1v) is 2.81. The molecule has 0 fully saturated rings. The van der Waals surface area contributed by atoms with Crippen LogP contribution in [0.15, 0.2) is 17.3 Å². The number of nitrogens with zero attached hydrogens (tertiary/aromatic N) is 1. The number of hydrogen-bond acceptors (Lipinski definition) is 2. The highest BCUT2D eigenvalue weighted by atomic mass is 14.9. The molecule has 2 heteroatoms. The van der Waals surface area contributed by atoms with E-state index in [1.54, 1.807) is 0 Å². The van der Waals surface area contributed by atoms with Crippen LogP contribution in [0.1, 0.15) is 19.8 Å². The third-order valence-electron chi connectivity index (χ3n) is 0.906. The molecule has 2 nitrogen and oxygen atoms in total. The molecule has 0 heterocycles. The fourth-order valence-corrected chi connectivity index (χ4v) is 0.544. The van der Waals surface area contributed by atoms with Crippen LogP contribution in [0.3, 0.4) is 0 Å². The Labute approximate surface area is 50.1 Å². The first kappa shape index (κ1) is 7.34. The van der Waals surface area contributed by atoms with E-state index < -0.39 is 0 Å². The average molecular weight is 112 g/mol. The highest BCUT2D eigenvalue weighted by Crippen LogP contribution is 2.00. The van der Waals surface area contributed by atoms with Crippen molar-refractivity contribution in [3.05, 3.63) is 12.2 Å². The molecule has 0 amide bonds. The summed E-state index contributed by atoms with van der Waals surface area (Å²) in [7, 11) is 0. The van der Waals surface area contributed by atoms with Crippen molar-refractivity contribution in [1.29, 1.82) is 5.53 Å². The van der Waals surface area contributed by atoms with E-state index in [4.69, 9.17) is 5.53 Å². The van der Waals surface area contributed by atoms with Gasteiger partial charge in [0.1, 0.15) is 0 Å². The minimum atomic E-state index is 0.508. The first-order chi connectivity index (χ1) is 3.81. The summed E-state index contributed by atoms with van der Waals surface area (Å²) in [6.45, 7) is 6.32. The van der Waals surface area contributed by atoms with Crippen LogP contribution >= 0.6 is 0 Å². The van der Waals surface area contributed by atoms with Gasteiger partial charge in [-0.2, -0.15) is 5.11 Å². The van der Waals surface area contributed by atoms with E-state index in [1.165, 1.54) is 0 Å². The standard InChI is InChI=1S/C6H12N2/c1-3-4-6(2)5-8-7/h7H,2-5H2,1H3. The quantitative estimate of drug-likeness (QED) is 0.428. The second-order valence-electron chi connectivity index (χ2n) is 1.82. The molecule has 0 saturated carbocycles. The van der Waals surface area contributed by atoms with Gasteiger partial charge >= 0.3 is 0 Å². The first-order valence-electron chi connectivity index (χ1n) is 2.81. The fraction of sp³-hybridized carbons (Fsp3) is 0.667. The van der Waals surface area contributed by atoms with E-state index >= 15 is 0 Å². The molecule has 0 bridgehead atoms. The maximum absolute atomic E-state index is 6.48. The van der Waals surface area contributed by atoms with Gasteiger partial charge in [-0.1, -0.05) is 25.5 Å². The third kappa shape index (κ3) is 3.53. The normalized spacial score (nSPS) is 8.62. The molecule has 0 aliphatic heterocycles. The molecular weight excluding hydrogens is 100 g/mol. The number of hydrogen-bond donors (Lipinski definition) is 1. The predicted octanol–water partition coefficient (Wildman–Crippen LogP) is 2.37. The molecule has 0 aromatic heterocycles. The van der Waals surface area contributed by atoms with Crippen LogP contribution in [0.2, 0.25) is 0 Å². The molecule has 8 heavy (non-hydrogen) atoms. The van der Waals surface area contributed by atoms with Crippen molar-refractivity contribution in [3.8, 4) is 0 Å². The zero-order chi connectivity index (χ0) is 6.41. The largest absolute Gasteiger partial charge is 0.210 e. The minimum absolute atomic E-state index is 0.508. The van der Waals surface area contributed by atoms with E-state index in [0.29, 0.717) is 6.54 Å². The van der Waals surface area contributed by atoms with Crippen LogP contribution < -0.4 is 0 Å². The molecule has 0 atom stereocenters. The Morgan fingerprint density at radius 2 is 2.38 bits per heavy atom. The molecule has 0 aliphatic rings. The Bertz CT molecular complexity index is 86.5. The molecule has 1 N–H and O–H groups in total. The highest BCUT2D eigenvalue weighted by Gasteiger charge is 1.87. The van der Waals surface area contributed by atoms with Gasteiger partial charge in [0.15, 0.2) is 0 Å². The highest BCUT2D eigenvalue weighted by molar-refractivity contribution is 4.95. The summed E-state index contributed by atoms with van der Waals surface area (Å²) in [6.07, 6.45) is 2.11. The van der Waals surface area contributed by atoms with Crippen LogP contribution in [0, 0.1) is 5.53 Å². The molecule has 0 aliphatic carbocycles. The van der Waals surface area contributed by atoms with Gasteiger partial charge in [0.2, 0.25) is 0 Å². The topological polar surface area (TPSA) is 36.2 Å². The van der Waals surface area contributed by atoms with Gasteiger partial charge in [-0.15, -0.1) is 0 Å². The summed E-state index contributed by atoms with van der Waals surface area (Å²) in [5, 5.41) is 3.20. The summed E-state index contributed by atoms with van der Waals surface area (Å²) in [5.41, 5.74) is 7.53. The summed E-state index contributed by atoms with van der Waals surface area (Å²) < 4.78 is 0. The lowest BCUT2D eigenvalue weighted by Gasteiger charge is -1.94. The molecule has 0 aromatic rings. The average Bonchev–Trinajstić information content (AvgIpc) is 1.68. The molecule has 46 valence electrons. The van der Waals surface area contributed by atoms with E-state index in [2.05, 4.69) is 18.6 Å². The van der Waals surface area contributed by atoms with Gasteiger partial charge in [-0.05, 0) is 6.42 Å². The number of rotatable bonds is 4. The lowest BCUT2D eigenvalue weighted by molar-refractivity contribution is 0.847. The molecule has 0 rings (SSSR count). The zero-order valence-electron chi connectivity index (χ0n) is 5.28. The van der Waals surface area contributed by atoms with Crippen molar-refractivity contribution in [1.82, 2.24) is 0 Å². The molecular formula is C6H12N2. The van der Waals surface area contributed by atoms with E-state index in [9.17, 15) is 0 Å². The molecule has 0 radical (unpaired) electrons. The molecule has 0 spiro atoms. The summed E-state index contributed by atoms with van der Waals surface area (Å²) >= 11 is 0. The SMILES string of the molecule is C=C(CCC)CN=N. The van der Waals surface area contributed by atoms with Gasteiger partial charge in [0.25, 0.3) is 0 Å². The second-order valence-corrected chi connectivity index (χ2v) is 1.82. The molecule has 0 aromatic carbocycles. The minimum Gasteiger partial charge on any atom is -0.210 e. The van der Waals surface area contributed by atoms with Crippen molar-refractivity contribution in [2.75, 3.05) is 6.54 Å². The summed E-state index contributed by atoms with van der Waals surface area (Å²) in [6, 6.07) is 0. The monoisotopic (exact) mass is 112 g/mol. The molecule has 0 saturated heterocycles. The van der Waals surface area contributed by atoms with Gasteiger partial charge in [-0.25, -0.2) is 5.53 Å². The van der Waals surface area contributed by atoms with Crippen molar-refractivity contribution in [2.45, 2.75) is 19.8 Å². The van der Waals surface area contributed by atoms with Gasteiger partial charge in [-0.3, -0.25) is 0 Å². The number of nitrogens with one attached hydrogen (secondary N) is 1. The van der Waals surface area contributed by atoms with Gasteiger partial charge in [0.05, 0.1) is 6.54 Å². The van der Waals surface area contributed by atoms with E-state index in [-0.39, 0.29) is 0 Å². The zero-order valence-corrected chi connectivity index (χ0v) is 5.28. The van der Waals surface area contributed by atoms with Crippen molar-refractivity contribution in [3.63, 3.8) is 0 Å². The Kier molecular flexibility index (Phi) is 4.13. The van der Waals surface area contributed by atoms with E-state index in [0.717, 1.165) is 18.4 Å². The van der Waals surface area contributed by atoms with Crippen molar-refractivity contribution < 1.29 is 0 Å². The van der Waals surface area contributed by atoms with Crippen molar-refractivity contribution in [2.24, 2.45) is 5.11 Å². The van der Waals surface area contributed by atoms with Crippen LogP contribution in [0.4, 0.5) is 0 Å². The van der Waals surface area contributed by atoms with E-state index in [1.807, 2.05) is 0 Å².